The number of pyridine rings is 1. The van der Waals surface area contributed by atoms with Crippen LogP contribution in [0.3, 0.4) is 0 Å². The second-order valence-corrected chi connectivity index (χ2v) is 5.85. The summed E-state index contributed by atoms with van der Waals surface area (Å²) in [6.45, 7) is 1.53. The first-order valence-corrected chi connectivity index (χ1v) is 8.35. The molecule has 1 amide bonds. The average Bonchev–Trinajstić information content (AvgIpc) is 2.69. The highest BCUT2D eigenvalue weighted by Gasteiger charge is 2.10. The summed E-state index contributed by atoms with van der Waals surface area (Å²) in [5.74, 6) is 0.281. The topological polar surface area (TPSA) is 80.3 Å². The first-order valence-electron chi connectivity index (χ1n) is 8.35. The highest BCUT2D eigenvalue weighted by atomic mass is 16.5. The van der Waals surface area contributed by atoms with Crippen LogP contribution in [-0.4, -0.2) is 23.8 Å². The predicted octanol–water partition coefficient (Wildman–Crippen LogP) is 4.29. The molecule has 0 aliphatic rings. The molecule has 136 valence electrons. The van der Waals surface area contributed by atoms with Crippen LogP contribution in [0.25, 0.3) is 0 Å². The molecule has 6 heteroatoms. The number of aromatic nitrogens is 1. The quantitative estimate of drug-likeness (QED) is 0.640. The second-order valence-electron chi connectivity index (χ2n) is 5.85. The van der Waals surface area contributed by atoms with Crippen molar-refractivity contribution in [2.24, 2.45) is 0 Å². The number of para-hydroxylation sites is 2. The Bertz CT molecular complexity index is 951. The number of carbonyl (C=O) groups excluding carboxylic acids is 2. The fourth-order valence-electron chi connectivity index (χ4n) is 2.49. The lowest BCUT2D eigenvalue weighted by molar-refractivity contribution is 0.101. The molecule has 3 aromatic rings. The lowest BCUT2D eigenvalue weighted by Crippen LogP contribution is -2.14. The number of hydrogen-bond donors (Lipinski definition) is 2. The smallest absolute Gasteiger partial charge is 0.274 e. The summed E-state index contributed by atoms with van der Waals surface area (Å²) in [6, 6.07) is 17.7. The first kappa shape index (κ1) is 18.1. The van der Waals surface area contributed by atoms with Crippen LogP contribution < -0.4 is 15.4 Å². The van der Waals surface area contributed by atoms with E-state index in [1.165, 1.54) is 6.92 Å². The van der Waals surface area contributed by atoms with Crippen molar-refractivity contribution >= 4 is 28.8 Å². The molecule has 0 unspecified atom stereocenters. The van der Waals surface area contributed by atoms with E-state index in [2.05, 4.69) is 15.6 Å². The number of Topliss-reactive ketones (excluding diaryl/α,β-unsaturated/α-hetero) is 1. The summed E-state index contributed by atoms with van der Waals surface area (Å²) in [5.41, 5.74) is 3.09. The van der Waals surface area contributed by atoms with Crippen LogP contribution in [0.15, 0.2) is 66.9 Å². The molecule has 1 aromatic heterocycles. The van der Waals surface area contributed by atoms with Gasteiger partial charge in [0.25, 0.3) is 5.91 Å². The molecule has 2 aromatic carbocycles. The number of ether oxygens (including phenoxy) is 1. The first-order chi connectivity index (χ1) is 13.1. The van der Waals surface area contributed by atoms with Gasteiger partial charge in [-0.25, -0.2) is 4.98 Å². The van der Waals surface area contributed by atoms with E-state index in [-0.39, 0.29) is 11.7 Å². The van der Waals surface area contributed by atoms with E-state index < -0.39 is 0 Å². The maximum atomic E-state index is 12.4. The monoisotopic (exact) mass is 361 g/mol. The number of nitrogens with one attached hydrogen (secondary N) is 2. The summed E-state index contributed by atoms with van der Waals surface area (Å²) in [5, 5.41) is 5.96. The number of anilines is 3. The van der Waals surface area contributed by atoms with E-state index in [4.69, 9.17) is 4.74 Å². The standard InChI is InChI=1S/C21H19N3O3/c1-14(25)15-7-9-16(10-8-15)23-17-11-12-19(22-13-17)21(26)24-18-5-3-4-6-20(18)27-2/h3-13,23H,1-2H3,(H,24,26). The fourth-order valence-corrected chi connectivity index (χ4v) is 2.49. The molecule has 27 heavy (non-hydrogen) atoms. The Labute approximate surface area is 157 Å². The maximum Gasteiger partial charge on any atom is 0.274 e. The molecule has 3 rings (SSSR count). The van der Waals surface area contributed by atoms with E-state index in [0.29, 0.717) is 22.7 Å². The zero-order valence-electron chi connectivity index (χ0n) is 15.0. The van der Waals surface area contributed by atoms with Crippen LogP contribution in [0.1, 0.15) is 27.8 Å². The van der Waals surface area contributed by atoms with Crippen LogP contribution in [0, 0.1) is 0 Å². The number of rotatable bonds is 6. The number of benzene rings is 2. The normalized spacial score (nSPS) is 10.1. The Morgan fingerprint density at radius 1 is 0.926 bits per heavy atom. The van der Waals surface area contributed by atoms with Gasteiger partial charge in [0.1, 0.15) is 11.4 Å². The van der Waals surface area contributed by atoms with E-state index >= 15 is 0 Å². The Balaban J connectivity index is 1.67. The van der Waals surface area contributed by atoms with Gasteiger partial charge in [0.2, 0.25) is 0 Å². The van der Waals surface area contributed by atoms with Crippen LogP contribution >= 0.6 is 0 Å². The van der Waals surface area contributed by atoms with Gasteiger partial charge in [-0.1, -0.05) is 12.1 Å². The van der Waals surface area contributed by atoms with Crippen molar-refractivity contribution in [3.8, 4) is 5.75 Å². The van der Waals surface area contributed by atoms with E-state index in [9.17, 15) is 9.59 Å². The maximum absolute atomic E-state index is 12.4. The molecule has 0 atom stereocenters. The Morgan fingerprint density at radius 2 is 1.63 bits per heavy atom. The molecule has 6 nitrogen and oxygen atoms in total. The van der Waals surface area contributed by atoms with Gasteiger partial charge in [0.05, 0.1) is 24.7 Å². The van der Waals surface area contributed by atoms with Crippen molar-refractivity contribution in [2.45, 2.75) is 6.92 Å². The van der Waals surface area contributed by atoms with Crippen molar-refractivity contribution in [1.82, 2.24) is 4.98 Å². The Kier molecular flexibility index (Phi) is 5.47. The summed E-state index contributed by atoms with van der Waals surface area (Å²) in [6.07, 6.45) is 1.58. The fraction of sp³-hybridized carbons (Fsp3) is 0.0952. The lowest BCUT2D eigenvalue weighted by Gasteiger charge is -2.10. The molecule has 0 saturated carbocycles. The van der Waals surface area contributed by atoms with Gasteiger partial charge < -0.3 is 15.4 Å². The zero-order valence-corrected chi connectivity index (χ0v) is 15.0. The summed E-state index contributed by atoms with van der Waals surface area (Å²) in [4.78, 5) is 27.9. The van der Waals surface area contributed by atoms with E-state index in [0.717, 1.165) is 11.4 Å². The van der Waals surface area contributed by atoms with Crippen LogP contribution in [0.4, 0.5) is 17.1 Å². The molecule has 0 aliphatic heterocycles. The molecule has 0 fully saturated rings. The summed E-state index contributed by atoms with van der Waals surface area (Å²) < 4.78 is 5.22. The molecule has 0 aliphatic carbocycles. The third-order valence-corrected chi connectivity index (χ3v) is 3.93. The number of methoxy groups -OCH3 is 1. The second kappa shape index (κ2) is 8.14. The molecule has 1 heterocycles. The van der Waals surface area contributed by atoms with Crippen molar-refractivity contribution in [3.05, 3.63) is 78.1 Å². The van der Waals surface area contributed by atoms with Gasteiger partial charge in [0.15, 0.2) is 5.78 Å². The molecular formula is C21H19N3O3. The van der Waals surface area contributed by atoms with Crippen molar-refractivity contribution < 1.29 is 14.3 Å². The Morgan fingerprint density at radius 3 is 2.26 bits per heavy atom. The number of ketones is 1. The number of hydrogen-bond acceptors (Lipinski definition) is 5. The minimum absolute atomic E-state index is 0.0219. The SMILES string of the molecule is COc1ccccc1NC(=O)c1ccc(Nc2ccc(C(C)=O)cc2)cn1. The van der Waals surface area contributed by atoms with E-state index in [1.54, 1.807) is 49.7 Å². The van der Waals surface area contributed by atoms with Gasteiger partial charge in [0, 0.05) is 11.3 Å². The van der Waals surface area contributed by atoms with Gasteiger partial charge in [-0.2, -0.15) is 0 Å². The third-order valence-electron chi connectivity index (χ3n) is 3.93. The number of amides is 1. The summed E-state index contributed by atoms with van der Waals surface area (Å²) in [7, 11) is 1.55. The van der Waals surface area contributed by atoms with Crippen molar-refractivity contribution in [2.75, 3.05) is 17.7 Å². The number of nitrogens with zero attached hydrogens (tertiary/aromatic N) is 1. The highest BCUT2D eigenvalue weighted by molar-refractivity contribution is 6.03. The van der Waals surface area contributed by atoms with Crippen LogP contribution in [0.2, 0.25) is 0 Å². The lowest BCUT2D eigenvalue weighted by atomic mass is 10.1. The van der Waals surface area contributed by atoms with Crippen molar-refractivity contribution in [1.29, 1.82) is 0 Å². The van der Waals surface area contributed by atoms with Gasteiger partial charge >= 0.3 is 0 Å². The number of carbonyl (C=O) groups is 2. The van der Waals surface area contributed by atoms with Crippen LogP contribution in [-0.2, 0) is 0 Å². The molecule has 0 bridgehead atoms. The molecular weight excluding hydrogens is 342 g/mol. The van der Waals surface area contributed by atoms with Crippen LogP contribution in [0.5, 0.6) is 5.75 Å². The molecule has 0 saturated heterocycles. The minimum atomic E-state index is -0.322. The highest BCUT2D eigenvalue weighted by Crippen LogP contribution is 2.23. The zero-order chi connectivity index (χ0) is 19.2. The average molecular weight is 361 g/mol. The van der Waals surface area contributed by atoms with Crippen molar-refractivity contribution in [3.63, 3.8) is 0 Å². The molecule has 2 N–H and O–H groups in total. The Hall–Kier alpha value is -3.67. The van der Waals surface area contributed by atoms with Gasteiger partial charge in [-0.15, -0.1) is 0 Å². The third kappa shape index (κ3) is 4.49. The van der Waals surface area contributed by atoms with Gasteiger partial charge in [-0.3, -0.25) is 9.59 Å². The minimum Gasteiger partial charge on any atom is -0.495 e. The molecule has 0 spiro atoms. The molecule has 0 radical (unpaired) electrons. The van der Waals surface area contributed by atoms with Gasteiger partial charge in [-0.05, 0) is 55.5 Å². The van der Waals surface area contributed by atoms with E-state index in [1.807, 2.05) is 24.3 Å². The predicted molar refractivity (Wildman–Crippen MR) is 105 cm³/mol. The largest absolute Gasteiger partial charge is 0.495 e. The summed E-state index contributed by atoms with van der Waals surface area (Å²) >= 11 is 0.